The fourth-order valence-electron chi connectivity index (χ4n) is 2.77. The highest BCUT2D eigenvalue weighted by atomic mass is 16.6. The minimum Gasteiger partial charge on any atom is -0.488 e. The first-order chi connectivity index (χ1) is 10.0. The molecule has 2 rings (SSSR count). The molecular formula is C17H27NO3. The number of benzene rings is 1. The lowest BCUT2D eigenvalue weighted by molar-refractivity contribution is -0.107. The molecule has 0 spiro atoms. The number of hydrogen-bond donors (Lipinski definition) is 1. The SMILES string of the molecule is COCCOC1C(N)CC1Oc1ccc(C(C)C)c(C)c1. The van der Waals surface area contributed by atoms with Gasteiger partial charge in [-0.3, -0.25) is 0 Å². The second kappa shape index (κ2) is 7.25. The molecule has 1 aliphatic carbocycles. The first-order valence-electron chi connectivity index (χ1n) is 7.66. The fraction of sp³-hybridized carbons (Fsp3) is 0.647. The Labute approximate surface area is 127 Å². The summed E-state index contributed by atoms with van der Waals surface area (Å²) in [4.78, 5) is 0. The van der Waals surface area contributed by atoms with Gasteiger partial charge < -0.3 is 19.9 Å². The zero-order valence-corrected chi connectivity index (χ0v) is 13.5. The van der Waals surface area contributed by atoms with Crippen LogP contribution in [0.15, 0.2) is 18.2 Å². The van der Waals surface area contributed by atoms with Gasteiger partial charge in [-0.25, -0.2) is 0 Å². The van der Waals surface area contributed by atoms with Crippen LogP contribution in [0, 0.1) is 6.92 Å². The molecule has 1 saturated carbocycles. The largest absolute Gasteiger partial charge is 0.488 e. The van der Waals surface area contributed by atoms with E-state index in [0.29, 0.717) is 19.1 Å². The van der Waals surface area contributed by atoms with Crippen molar-refractivity contribution < 1.29 is 14.2 Å². The van der Waals surface area contributed by atoms with E-state index in [1.807, 2.05) is 6.07 Å². The average molecular weight is 293 g/mol. The highest BCUT2D eigenvalue weighted by molar-refractivity contribution is 5.36. The summed E-state index contributed by atoms with van der Waals surface area (Å²) >= 11 is 0. The van der Waals surface area contributed by atoms with Gasteiger partial charge in [0.15, 0.2) is 0 Å². The van der Waals surface area contributed by atoms with E-state index in [1.54, 1.807) is 7.11 Å². The third-order valence-electron chi connectivity index (χ3n) is 4.04. The van der Waals surface area contributed by atoms with Crippen LogP contribution >= 0.6 is 0 Å². The lowest BCUT2D eigenvalue weighted by atomic mass is 9.86. The molecule has 1 aromatic rings. The van der Waals surface area contributed by atoms with Gasteiger partial charge in [-0.05, 0) is 36.1 Å². The summed E-state index contributed by atoms with van der Waals surface area (Å²) < 4.78 is 16.8. The van der Waals surface area contributed by atoms with E-state index in [9.17, 15) is 0 Å². The number of nitrogens with two attached hydrogens (primary N) is 1. The Morgan fingerprint density at radius 2 is 2.05 bits per heavy atom. The smallest absolute Gasteiger partial charge is 0.128 e. The minimum atomic E-state index is -0.0368. The Bertz CT molecular complexity index is 461. The first-order valence-corrected chi connectivity index (χ1v) is 7.66. The van der Waals surface area contributed by atoms with Gasteiger partial charge >= 0.3 is 0 Å². The maximum Gasteiger partial charge on any atom is 0.128 e. The van der Waals surface area contributed by atoms with Crippen molar-refractivity contribution >= 4 is 0 Å². The Balaban J connectivity index is 1.93. The van der Waals surface area contributed by atoms with Crippen LogP contribution in [0.5, 0.6) is 5.75 Å². The molecule has 0 bridgehead atoms. The molecule has 4 nitrogen and oxygen atoms in total. The van der Waals surface area contributed by atoms with E-state index in [-0.39, 0.29) is 18.2 Å². The van der Waals surface area contributed by atoms with Gasteiger partial charge in [0.05, 0.1) is 13.2 Å². The molecule has 0 radical (unpaired) electrons. The van der Waals surface area contributed by atoms with Crippen LogP contribution in [-0.2, 0) is 9.47 Å². The van der Waals surface area contributed by atoms with Crippen LogP contribution < -0.4 is 10.5 Å². The minimum absolute atomic E-state index is 0.0368. The monoisotopic (exact) mass is 293 g/mol. The highest BCUT2D eigenvalue weighted by Crippen LogP contribution is 2.30. The van der Waals surface area contributed by atoms with Crippen molar-refractivity contribution in [1.82, 2.24) is 0 Å². The summed E-state index contributed by atoms with van der Waals surface area (Å²) in [6.07, 6.45) is 0.842. The summed E-state index contributed by atoms with van der Waals surface area (Å²) in [7, 11) is 1.66. The van der Waals surface area contributed by atoms with Crippen LogP contribution in [0.2, 0.25) is 0 Å². The van der Waals surface area contributed by atoms with E-state index < -0.39 is 0 Å². The van der Waals surface area contributed by atoms with E-state index in [2.05, 4.69) is 32.9 Å². The predicted molar refractivity (Wildman–Crippen MR) is 83.9 cm³/mol. The maximum atomic E-state index is 6.03. The second-order valence-electron chi connectivity index (χ2n) is 6.06. The zero-order chi connectivity index (χ0) is 15.4. The number of hydrogen-bond acceptors (Lipinski definition) is 4. The van der Waals surface area contributed by atoms with Crippen molar-refractivity contribution in [3.63, 3.8) is 0 Å². The van der Waals surface area contributed by atoms with Crippen molar-refractivity contribution in [3.05, 3.63) is 29.3 Å². The number of rotatable bonds is 7. The molecule has 0 saturated heterocycles. The average Bonchev–Trinajstić information content (AvgIpc) is 2.42. The van der Waals surface area contributed by atoms with Gasteiger partial charge in [0, 0.05) is 19.6 Å². The summed E-state index contributed by atoms with van der Waals surface area (Å²) in [5.74, 6) is 1.43. The van der Waals surface area contributed by atoms with Gasteiger partial charge in [-0.1, -0.05) is 19.9 Å². The van der Waals surface area contributed by atoms with Gasteiger partial charge in [-0.2, -0.15) is 0 Å². The van der Waals surface area contributed by atoms with Gasteiger partial charge in [0.2, 0.25) is 0 Å². The van der Waals surface area contributed by atoms with Crippen LogP contribution in [-0.4, -0.2) is 38.6 Å². The molecule has 0 amide bonds. The lowest BCUT2D eigenvalue weighted by Crippen LogP contribution is -2.59. The third kappa shape index (κ3) is 3.96. The second-order valence-corrected chi connectivity index (χ2v) is 6.06. The molecule has 0 heterocycles. The Morgan fingerprint density at radius 3 is 2.62 bits per heavy atom. The van der Waals surface area contributed by atoms with Crippen LogP contribution in [0.1, 0.15) is 37.3 Å². The molecular weight excluding hydrogens is 266 g/mol. The van der Waals surface area contributed by atoms with Crippen LogP contribution in [0.4, 0.5) is 0 Å². The zero-order valence-electron chi connectivity index (χ0n) is 13.5. The molecule has 1 fully saturated rings. The van der Waals surface area contributed by atoms with Crippen molar-refractivity contribution in [2.24, 2.45) is 5.73 Å². The molecule has 118 valence electrons. The molecule has 1 aromatic carbocycles. The van der Waals surface area contributed by atoms with Gasteiger partial charge in [0.1, 0.15) is 18.0 Å². The first kappa shape index (κ1) is 16.3. The van der Waals surface area contributed by atoms with Gasteiger partial charge in [-0.15, -0.1) is 0 Å². The van der Waals surface area contributed by atoms with E-state index in [1.165, 1.54) is 11.1 Å². The molecule has 0 aliphatic heterocycles. The van der Waals surface area contributed by atoms with Crippen molar-refractivity contribution in [1.29, 1.82) is 0 Å². The number of aryl methyl sites for hydroxylation is 1. The summed E-state index contributed by atoms with van der Waals surface area (Å²) in [6.45, 7) is 7.67. The number of methoxy groups -OCH3 is 1. The molecule has 4 heteroatoms. The maximum absolute atomic E-state index is 6.03. The number of ether oxygens (including phenoxy) is 3. The Morgan fingerprint density at radius 1 is 1.29 bits per heavy atom. The topological polar surface area (TPSA) is 53.7 Å². The third-order valence-corrected chi connectivity index (χ3v) is 4.04. The summed E-state index contributed by atoms with van der Waals surface area (Å²) in [6, 6.07) is 6.35. The van der Waals surface area contributed by atoms with E-state index in [4.69, 9.17) is 19.9 Å². The summed E-state index contributed by atoms with van der Waals surface area (Å²) in [5, 5.41) is 0. The van der Waals surface area contributed by atoms with Crippen molar-refractivity contribution in [2.45, 2.75) is 51.4 Å². The Hall–Kier alpha value is -1.10. The molecule has 0 aromatic heterocycles. The highest BCUT2D eigenvalue weighted by Gasteiger charge is 2.41. The summed E-state index contributed by atoms with van der Waals surface area (Å²) in [5.41, 5.74) is 8.63. The molecule has 3 unspecified atom stereocenters. The molecule has 1 aliphatic rings. The van der Waals surface area contributed by atoms with E-state index in [0.717, 1.165) is 12.2 Å². The fourth-order valence-corrected chi connectivity index (χ4v) is 2.77. The van der Waals surface area contributed by atoms with E-state index >= 15 is 0 Å². The van der Waals surface area contributed by atoms with Crippen molar-refractivity contribution in [3.8, 4) is 5.75 Å². The normalized spacial score (nSPS) is 25.0. The standard InChI is InChI=1S/C17H27NO3/c1-11(2)14-6-5-13(9-12(14)3)21-16-10-15(18)17(16)20-8-7-19-4/h5-6,9,11,15-17H,7-8,10,18H2,1-4H3. The lowest BCUT2D eigenvalue weighted by Gasteiger charge is -2.41. The molecule has 21 heavy (non-hydrogen) atoms. The van der Waals surface area contributed by atoms with Crippen LogP contribution in [0.25, 0.3) is 0 Å². The Kier molecular flexibility index (Phi) is 5.62. The molecule has 2 N–H and O–H groups in total. The van der Waals surface area contributed by atoms with Crippen molar-refractivity contribution in [2.75, 3.05) is 20.3 Å². The van der Waals surface area contributed by atoms with Crippen LogP contribution in [0.3, 0.4) is 0 Å². The predicted octanol–water partition coefficient (Wildman–Crippen LogP) is 2.63. The van der Waals surface area contributed by atoms with Gasteiger partial charge in [0.25, 0.3) is 0 Å². The molecule has 3 atom stereocenters. The quantitative estimate of drug-likeness (QED) is 0.785.